The van der Waals surface area contributed by atoms with Crippen molar-refractivity contribution in [2.45, 2.75) is 32.8 Å². The minimum Gasteiger partial charge on any atom is -0.493 e. The van der Waals surface area contributed by atoms with Gasteiger partial charge in [-0.1, -0.05) is 6.07 Å². The molecule has 1 aromatic rings. The maximum Gasteiger partial charge on any atom is 0.119 e. The predicted molar refractivity (Wildman–Crippen MR) is 65.7 cm³/mol. The lowest BCUT2D eigenvalue weighted by Gasteiger charge is -2.11. The summed E-state index contributed by atoms with van der Waals surface area (Å²) in [6.45, 7) is 5.14. The Morgan fingerprint density at radius 2 is 1.81 bits per heavy atom. The third kappa shape index (κ3) is 4.64. The third-order valence-corrected chi connectivity index (χ3v) is 2.41. The zero-order chi connectivity index (χ0) is 12.0. The smallest absolute Gasteiger partial charge is 0.119 e. The first kappa shape index (κ1) is 13.0. The average molecular weight is 223 g/mol. The van der Waals surface area contributed by atoms with Gasteiger partial charge in [0.1, 0.15) is 5.75 Å². The van der Waals surface area contributed by atoms with E-state index in [2.05, 4.69) is 6.07 Å². The first-order valence-electron chi connectivity index (χ1n) is 5.71. The molecule has 0 fully saturated rings. The van der Waals surface area contributed by atoms with Gasteiger partial charge in [-0.25, -0.2) is 0 Å². The van der Waals surface area contributed by atoms with Gasteiger partial charge in [-0.2, -0.15) is 0 Å². The lowest BCUT2D eigenvalue weighted by atomic mass is 10.1. The van der Waals surface area contributed by atoms with Gasteiger partial charge < -0.3 is 15.6 Å². The van der Waals surface area contributed by atoms with Crippen LogP contribution in [0.25, 0.3) is 0 Å². The maximum absolute atomic E-state index is 9.48. The molecule has 0 aromatic heterocycles. The molecule has 16 heavy (non-hydrogen) atoms. The molecule has 0 aliphatic rings. The summed E-state index contributed by atoms with van der Waals surface area (Å²) in [6, 6.07) is 6.11. The van der Waals surface area contributed by atoms with Crippen LogP contribution < -0.4 is 10.5 Å². The number of nitrogens with two attached hydrogens (primary N) is 1. The highest BCUT2D eigenvalue weighted by atomic mass is 16.5. The second-order valence-corrected chi connectivity index (χ2v) is 4.19. The number of aryl methyl sites for hydroxylation is 2. The Morgan fingerprint density at radius 3 is 2.38 bits per heavy atom. The number of hydrogen-bond acceptors (Lipinski definition) is 3. The molecular weight excluding hydrogens is 202 g/mol. The molecular formula is C13H21NO2. The van der Waals surface area contributed by atoms with Crippen LogP contribution in [-0.2, 0) is 0 Å². The SMILES string of the molecule is Cc1cc(C)cc(OCCC(O)CCN)c1. The normalized spacial score (nSPS) is 12.5. The molecule has 0 bridgehead atoms. The van der Waals surface area contributed by atoms with E-state index in [0.717, 1.165) is 5.75 Å². The first-order valence-corrected chi connectivity index (χ1v) is 5.71. The maximum atomic E-state index is 9.48. The van der Waals surface area contributed by atoms with Crippen LogP contribution in [0.3, 0.4) is 0 Å². The zero-order valence-electron chi connectivity index (χ0n) is 10.1. The molecule has 3 nitrogen and oxygen atoms in total. The lowest BCUT2D eigenvalue weighted by molar-refractivity contribution is 0.133. The van der Waals surface area contributed by atoms with Crippen molar-refractivity contribution in [3.63, 3.8) is 0 Å². The standard InChI is InChI=1S/C13H21NO2/c1-10-7-11(2)9-13(8-10)16-6-4-12(15)3-5-14/h7-9,12,15H,3-6,14H2,1-2H3. The molecule has 0 amide bonds. The summed E-state index contributed by atoms with van der Waals surface area (Å²) in [5.74, 6) is 0.873. The summed E-state index contributed by atoms with van der Waals surface area (Å²) in [7, 11) is 0. The third-order valence-electron chi connectivity index (χ3n) is 2.41. The van der Waals surface area contributed by atoms with Crippen molar-refractivity contribution in [2.75, 3.05) is 13.2 Å². The number of hydrogen-bond donors (Lipinski definition) is 2. The van der Waals surface area contributed by atoms with Crippen molar-refractivity contribution < 1.29 is 9.84 Å². The number of aliphatic hydroxyl groups is 1. The fourth-order valence-corrected chi connectivity index (χ4v) is 1.67. The van der Waals surface area contributed by atoms with Gasteiger partial charge in [-0.3, -0.25) is 0 Å². The first-order chi connectivity index (χ1) is 7.61. The number of rotatable bonds is 6. The molecule has 1 rings (SSSR count). The van der Waals surface area contributed by atoms with Crippen molar-refractivity contribution in [3.05, 3.63) is 29.3 Å². The highest BCUT2D eigenvalue weighted by molar-refractivity contribution is 5.32. The quantitative estimate of drug-likeness (QED) is 0.773. The number of ether oxygens (including phenoxy) is 1. The molecule has 0 aliphatic carbocycles. The Balaban J connectivity index is 2.37. The minimum atomic E-state index is -0.351. The molecule has 0 aliphatic heterocycles. The van der Waals surface area contributed by atoms with Gasteiger partial charge in [-0.05, 0) is 50.1 Å². The Hall–Kier alpha value is -1.06. The van der Waals surface area contributed by atoms with Gasteiger partial charge >= 0.3 is 0 Å². The van der Waals surface area contributed by atoms with Crippen LogP contribution in [0.2, 0.25) is 0 Å². The van der Waals surface area contributed by atoms with E-state index in [0.29, 0.717) is 26.0 Å². The summed E-state index contributed by atoms with van der Waals surface area (Å²) in [5, 5.41) is 9.48. The molecule has 0 saturated heterocycles. The molecule has 1 unspecified atom stereocenters. The van der Waals surface area contributed by atoms with E-state index in [1.54, 1.807) is 0 Å². The Bertz CT molecular complexity index is 305. The fraction of sp³-hybridized carbons (Fsp3) is 0.538. The topological polar surface area (TPSA) is 55.5 Å². The fourth-order valence-electron chi connectivity index (χ4n) is 1.67. The van der Waals surface area contributed by atoms with Crippen molar-refractivity contribution in [2.24, 2.45) is 5.73 Å². The van der Waals surface area contributed by atoms with Gasteiger partial charge in [0.15, 0.2) is 0 Å². The molecule has 1 aromatic carbocycles. The molecule has 3 N–H and O–H groups in total. The van der Waals surface area contributed by atoms with Gasteiger partial charge in [0.25, 0.3) is 0 Å². The van der Waals surface area contributed by atoms with E-state index in [-0.39, 0.29) is 6.10 Å². The molecule has 0 spiro atoms. The van der Waals surface area contributed by atoms with Gasteiger partial charge in [0.2, 0.25) is 0 Å². The molecule has 1 atom stereocenters. The number of benzene rings is 1. The van der Waals surface area contributed by atoms with Gasteiger partial charge in [-0.15, -0.1) is 0 Å². The van der Waals surface area contributed by atoms with Crippen LogP contribution in [-0.4, -0.2) is 24.4 Å². The number of aliphatic hydroxyl groups excluding tert-OH is 1. The van der Waals surface area contributed by atoms with Crippen LogP contribution in [0.4, 0.5) is 0 Å². The Labute approximate surface area is 97.2 Å². The van der Waals surface area contributed by atoms with E-state index in [1.807, 2.05) is 26.0 Å². The van der Waals surface area contributed by atoms with Crippen molar-refractivity contribution in [1.82, 2.24) is 0 Å². The van der Waals surface area contributed by atoms with Crippen LogP contribution in [0.5, 0.6) is 5.75 Å². The van der Waals surface area contributed by atoms with E-state index >= 15 is 0 Å². The summed E-state index contributed by atoms with van der Waals surface area (Å²) >= 11 is 0. The van der Waals surface area contributed by atoms with Gasteiger partial charge in [0, 0.05) is 6.42 Å². The van der Waals surface area contributed by atoms with E-state index in [4.69, 9.17) is 10.5 Å². The lowest BCUT2D eigenvalue weighted by Crippen LogP contribution is -2.16. The highest BCUT2D eigenvalue weighted by Crippen LogP contribution is 2.16. The zero-order valence-corrected chi connectivity index (χ0v) is 10.1. The Kier molecular flexibility index (Phi) is 5.29. The van der Waals surface area contributed by atoms with Crippen molar-refractivity contribution in [3.8, 4) is 5.75 Å². The average Bonchev–Trinajstić information content (AvgIpc) is 2.16. The molecule has 0 heterocycles. The molecule has 3 heteroatoms. The van der Waals surface area contributed by atoms with E-state index in [1.165, 1.54) is 11.1 Å². The minimum absolute atomic E-state index is 0.351. The van der Waals surface area contributed by atoms with Crippen molar-refractivity contribution >= 4 is 0 Å². The second-order valence-electron chi connectivity index (χ2n) is 4.19. The summed E-state index contributed by atoms with van der Waals surface area (Å²) in [5.41, 5.74) is 7.74. The van der Waals surface area contributed by atoms with E-state index in [9.17, 15) is 5.11 Å². The Morgan fingerprint density at radius 1 is 1.19 bits per heavy atom. The van der Waals surface area contributed by atoms with Gasteiger partial charge in [0.05, 0.1) is 12.7 Å². The molecule has 0 saturated carbocycles. The second kappa shape index (κ2) is 6.51. The summed E-state index contributed by atoms with van der Waals surface area (Å²) in [6.07, 6.45) is 0.913. The predicted octanol–water partition coefficient (Wildman–Crippen LogP) is 1.78. The summed E-state index contributed by atoms with van der Waals surface area (Å²) in [4.78, 5) is 0. The molecule has 90 valence electrons. The van der Waals surface area contributed by atoms with Crippen molar-refractivity contribution in [1.29, 1.82) is 0 Å². The summed E-state index contributed by atoms with van der Waals surface area (Å²) < 4.78 is 5.58. The monoisotopic (exact) mass is 223 g/mol. The van der Waals surface area contributed by atoms with Crippen LogP contribution in [0.15, 0.2) is 18.2 Å². The van der Waals surface area contributed by atoms with Crippen LogP contribution in [0.1, 0.15) is 24.0 Å². The molecule has 0 radical (unpaired) electrons. The largest absolute Gasteiger partial charge is 0.493 e. The van der Waals surface area contributed by atoms with E-state index < -0.39 is 0 Å². The van der Waals surface area contributed by atoms with Crippen LogP contribution >= 0.6 is 0 Å². The van der Waals surface area contributed by atoms with Crippen LogP contribution in [0, 0.1) is 13.8 Å². The highest BCUT2D eigenvalue weighted by Gasteiger charge is 2.03.